The lowest BCUT2D eigenvalue weighted by molar-refractivity contribution is -0.683. The number of carboxylic acids is 1. The summed E-state index contributed by atoms with van der Waals surface area (Å²) in [6.07, 6.45) is -0.357. The molecule has 0 spiro atoms. The number of carbonyl (C=O) groups is 2. The molecule has 0 aliphatic heterocycles. The van der Waals surface area contributed by atoms with Crippen molar-refractivity contribution in [3.05, 3.63) is 33.9 Å². The first kappa shape index (κ1) is 20.5. The molecule has 0 fully saturated rings. The fourth-order valence-corrected chi connectivity index (χ4v) is 2.04. The van der Waals surface area contributed by atoms with E-state index in [9.17, 15) is 24.8 Å². The van der Waals surface area contributed by atoms with E-state index in [2.05, 4.69) is 5.32 Å². The normalized spacial score (nSPS) is 11.8. The third kappa shape index (κ3) is 7.25. The summed E-state index contributed by atoms with van der Waals surface area (Å²) in [6, 6.07) is 2.91. The lowest BCUT2D eigenvalue weighted by Gasteiger charge is -2.16. The molecule has 4 N–H and O–H groups in total. The number of aryl methyl sites for hydroxylation is 1. The lowest BCUT2D eigenvalue weighted by Crippen LogP contribution is -2.94. The standard InChI is InChI=1S/C15H21N3O7/c1-10-2-3-11(18(23)24)8-12(10)17-14(20)9-13(15(21)22)16-4-6-25-7-5-19/h2-3,8,13,16,19H,4-7,9H2,1H3,(H,17,20)(H,21,22)/t13-/m0/s1. The SMILES string of the molecule is Cc1ccc([N+](=O)[O-])cc1NC(=O)C[C@H]([NH2+]CCOCCO)C(=O)[O-]. The Morgan fingerprint density at radius 2 is 2.12 bits per heavy atom. The van der Waals surface area contributed by atoms with Gasteiger partial charge in [0.15, 0.2) is 0 Å². The molecule has 0 aliphatic carbocycles. The zero-order valence-electron chi connectivity index (χ0n) is 13.8. The minimum atomic E-state index is -1.40. The molecule has 1 aromatic rings. The molecule has 0 aromatic heterocycles. The van der Waals surface area contributed by atoms with E-state index < -0.39 is 22.8 Å². The van der Waals surface area contributed by atoms with Crippen LogP contribution in [0.3, 0.4) is 0 Å². The van der Waals surface area contributed by atoms with Gasteiger partial charge in [-0.15, -0.1) is 0 Å². The van der Waals surface area contributed by atoms with Gasteiger partial charge in [0.25, 0.3) is 5.69 Å². The number of aliphatic hydroxyl groups excluding tert-OH is 1. The molecule has 138 valence electrons. The fraction of sp³-hybridized carbons (Fsp3) is 0.467. The summed E-state index contributed by atoms with van der Waals surface area (Å²) in [5.41, 5.74) is 0.692. The monoisotopic (exact) mass is 355 g/mol. The number of carboxylic acid groups (broad SMARTS) is 1. The molecule has 0 aliphatic rings. The van der Waals surface area contributed by atoms with Gasteiger partial charge in [-0.3, -0.25) is 14.9 Å². The molecule has 1 amide bonds. The zero-order valence-corrected chi connectivity index (χ0v) is 13.8. The molecule has 0 heterocycles. The molecule has 25 heavy (non-hydrogen) atoms. The van der Waals surface area contributed by atoms with Crippen LogP contribution >= 0.6 is 0 Å². The number of aliphatic hydroxyl groups is 1. The first-order valence-corrected chi connectivity index (χ1v) is 7.62. The minimum Gasteiger partial charge on any atom is -0.544 e. The molecule has 1 atom stereocenters. The molecule has 0 saturated carbocycles. The highest BCUT2D eigenvalue weighted by Gasteiger charge is 2.19. The number of hydrogen-bond donors (Lipinski definition) is 3. The summed E-state index contributed by atoms with van der Waals surface area (Å²) < 4.78 is 5.01. The maximum absolute atomic E-state index is 12.0. The Balaban J connectivity index is 2.61. The van der Waals surface area contributed by atoms with E-state index in [1.807, 2.05) is 0 Å². The van der Waals surface area contributed by atoms with Gasteiger partial charge in [-0.25, -0.2) is 0 Å². The highest BCUT2D eigenvalue weighted by atomic mass is 16.6. The molecular formula is C15H21N3O7. The molecular weight excluding hydrogens is 334 g/mol. The van der Waals surface area contributed by atoms with E-state index in [-0.39, 0.29) is 44.2 Å². The summed E-state index contributed by atoms with van der Waals surface area (Å²) >= 11 is 0. The second-order valence-corrected chi connectivity index (χ2v) is 5.29. The van der Waals surface area contributed by atoms with E-state index in [0.29, 0.717) is 5.56 Å². The number of quaternary nitrogens is 1. The molecule has 1 aromatic carbocycles. The average Bonchev–Trinajstić information content (AvgIpc) is 2.55. The number of amides is 1. The second kappa shape index (κ2) is 10.3. The number of anilines is 1. The third-order valence-electron chi connectivity index (χ3n) is 3.36. The molecule has 10 nitrogen and oxygen atoms in total. The van der Waals surface area contributed by atoms with Gasteiger partial charge in [-0.2, -0.15) is 0 Å². The number of ether oxygens (including phenoxy) is 1. The molecule has 0 unspecified atom stereocenters. The number of nitro benzene ring substituents is 1. The maximum Gasteiger partial charge on any atom is 0.271 e. The summed E-state index contributed by atoms with van der Waals surface area (Å²) in [4.78, 5) is 33.4. The summed E-state index contributed by atoms with van der Waals surface area (Å²) in [7, 11) is 0. The van der Waals surface area contributed by atoms with Crippen LogP contribution in [0.15, 0.2) is 18.2 Å². The zero-order chi connectivity index (χ0) is 18.8. The van der Waals surface area contributed by atoms with Crippen molar-refractivity contribution in [2.45, 2.75) is 19.4 Å². The van der Waals surface area contributed by atoms with E-state index in [1.54, 1.807) is 6.92 Å². The van der Waals surface area contributed by atoms with Gasteiger partial charge in [0.1, 0.15) is 6.04 Å². The number of nitrogens with zero attached hydrogens (tertiary/aromatic N) is 1. The summed E-state index contributed by atoms with van der Waals surface area (Å²) in [6.45, 7) is 2.18. The van der Waals surface area contributed by atoms with Crippen LogP contribution in [0.4, 0.5) is 11.4 Å². The van der Waals surface area contributed by atoms with Crippen LogP contribution in [-0.2, 0) is 14.3 Å². The minimum absolute atomic E-state index is 0.130. The first-order valence-electron chi connectivity index (χ1n) is 7.62. The largest absolute Gasteiger partial charge is 0.544 e. The predicted molar refractivity (Wildman–Crippen MR) is 84.6 cm³/mol. The van der Waals surface area contributed by atoms with Crippen LogP contribution in [0.5, 0.6) is 0 Å². The van der Waals surface area contributed by atoms with Crippen molar-refractivity contribution in [2.24, 2.45) is 0 Å². The van der Waals surface area contributed by atoms with Crippen LogP contribution in [0.2, 0.25) is 0 Å². The van der Waals surface area contributed by atoms with Crippen LogP contribution in [0, 0.1) is 17.0 Å². The number of nitrogens with two attached hydrogens (primary N) is 1. The van der Waals surface area contributed by atoms with Crippen molar-refractivity contribution >= 4 is 23.3 Å². The Morgan fingerprint density at radius 1 is 1.40 bits per heavy atom. The van der Waals surface area contributed by atoms with Crippen LogP contribution in [0.25, 0.3) is 0 Å². The number of carbonyl (C=O) groups excluding carboxylic acids is 2. The van der Waals surface area contributed by atoms with Gasteiger partial charge in [-0.1, -0.05) is 6.07 Å². The second-order valence-electron chi connectivity index (χ2n) is 5.29. The molecule has 1 rings (SSSR count). The quantitative estimate of drug-likeness (QED) is 0.233. The van der Waals surface area contributed by atoms with Gasteiger partial charge < -0.3 is 30.4 Å². The van der Waals surface area contributed by atoms with Crippen LogP contribution < -0.4 is 15.7 Å². The van der Waals surface area contributed by atoms with Gasteiger partial charge in [0.2, 0.25) is 5.91 Å². The van der Waals surface area contributed by atoms with Crippen molar-refractivity contribution in [1.29, 1.82) is 0 Å². The molecule has 10 heteroatoms. The van der Waals surface area contributed by atoms with E-state index >= 15 is 0 Å². The highest BCUT2D eigenvalue weighted by molar-refractivity contribution is 5.94. The topological polar surface area (TPSA) is 158 Å². The Labute approximate surface area is 143 Å². The number of nitrogens with one attached hydrogen (secondary N) is 1. The smallest absolute Gasteiger partial charge is 0.271 e. The van der Waals surface area contributed by atoms with Crippen LogP contribution in [-0.4, -0.2) is 54.3 Å². The Kier molecular flexibility index (Phi) is 8.47. The number of aliphatic carboxylic acids is 1. The number of non-ortho nitro benzene ring substituents is 1. The Hall–Kier alpha value is -2.56. The first-order chi connectivity index (χ1) is 11.8. The molecule has 0 radical (unpaired) electrons. The van der Waals surface area contributed by atoms with Crippen molar-refractivity contribution in [2.75, 3.05) is 31.7 Å². The van der Waals surface area contributed by atoms with E-state index in [4.69, 9.17) is 9.84 Å². The van der Waals surface area contributed by atoms with E-state index in [1.165, 1.54) is 23.5 Å². The lowest BCUT2D eigenvalue weighted by atomic mass is 10.1. The van der Waals surface area contributed by atoms with Gasteiger partial charge in [0.05, 0.1) is 49.4 Å². The van der Waals surface area contributed by atoms with Crippen molar-refractivity contribution in [3.8, 4) is 0 Å². The maximum atomic E-state index is 12.0. The van der Waals surface area contributed by atoms with E-state index in [0.717, 1.165) is 0 Å². The average molecular weight is 355 g/mol. The van der Waals surface area contributed by atoms with Crippen molar-refractivity contribution in [1.82, 2.24) is 0 Å². The van der Waals surface area contributed by atoms with Crippen LogP contribution in [0.1, 0.15) is 12.0 Å². The van der Waals surface area contributed by atoms with Gasteiger partial charge in [-0.05, 0) is 12.5 Å². The molecule has 0 bridgehead atoms. The predicted octanol–water partition coefficient (Wildman–Crippen LogP) is -2.08. The Bertz CT molecular complexity index is 621. The van der Waals surface area contributed by atoms with Gasteiger partial charge >= 0.3 is 0 Å². The number of hydrogen-bond acceptors (Lipinski definition) is 7. The number of nitro groups is 1. The molecule has 0 saturated heterocycles. The summed E-state index contributed by atoms with van der Waals surface area (Å²) in [5, 5.41) is 34.4. The van der Waals surface area contributed by atoms with Gasteiger partial charge in [0, 0.05) is 12.1 Å². The third-order valence-corrected chi connectivity index (χ3v) is 3.36. The fourth-order valence-electron chi connectivity index (χ4n) is 2.04. The van der Waals surface area contributed by atoms with Crippen molar-refractivity contribution in [3.63, 3.8) is 0 Å². The number of rotatable bonds is 11. The number of benzene rings is 1. The Morgan fingerprint density at radius 3 is 2.72 bits per heavy atom. The van der Waals surface area contributed by atoms with Crippen molar-refractivity contribution < 1.29 is 34.8 Å². The highest BCUT2D eigenvalue weighted by Crippen LogP contribution is 2.21. The summed E-state index contributed by atoms with van der Waals surface area (Å²) in [5.74, 6) is -1.99.